The molecule has 0 saturated carbocycles. The van der Waals surface area contributed by atoms with E-state index in [2.05, 4.69) is 20.9 Å². The minimum absolute atomic E-state index is 0.0412. The molecule has 7 nitrogen and oxygen atoms in total. The molecule has 0 aromatic heterocycles. The molecule has 0 bridgehead atoms. The third kappa shape index (κ3) is 6.14. The second-order valence-electron chi connectivity index (χ2n) is 6.80. The summed E-state index contributed by atoms with van der Waals surface area (Å²) in [6.45, 7) is 3.68. The van der Waals surface area contributed by atoms with Crippen LogP contribution in [-0.2, 0) is 11.3 Å². The normalized spacial score (nSPS) is 15.5. The van der Waals surface area contributed by atoms with Crippen molar-refractivity contribution >= 4 is 17.6 Å². The minimum atomic E-state index is -0.0885. The largest absolute Gasteiger partial charge is 0.486 e. The molecule has 1 aliphatic rings. The Kier molecular flexibility index (Phi) is 7.33. The van der Waals surface area contributed by atoms with Gasteiger partial charge in [0.25, 0.3) is 0 Å². The van der Waals surface area contributed by atoms with Crippen molar-refractivity contribution in [1.29, 1.82) is 0 Å². The van der Waals surface area contributed by atoms with Gasteiger partial charge in [-0.2, -0.15) is 0 Å². The number of fused-ring (bicyclic) bond motifs is 1. The molecular weight excluding hydrogens is 368 g/mol. The van der Waals surface area contributed by atoms with Gasteiger partial charge in [0.2, 0.25) is 5.91 Å². The molecule has 1 unspecified atom stereocenters. The van der Waals surface area contributed by atoms with Crippen LogP contribution in [0.25, 0.3) is 0 Å². The summed E-state index contributed by atoms with van der Waals surface area (Å²) in [7, 11) is 1.73. The van der Waals surface area contributed by atoms with E-state index in [9.17, 15) is 4.79 Å². The van der Waals surface area contributed by atoms with Crippen molar-refractivity contribution in [2.24, 2.45) is 4.99 Å². The quantitative estimate of drug-likeness (QED) is 0.495. The van der Waals surface area contributed by atoms with Gasteiger partial charge >= 0.3 is 0 Å². The summed E-state index contributed by atoms with van der Waals surface area (Å²) < 4.78 is 11.7. The predicted octanol–water partition coefficient (Wildman–Crippen LogP) is 2.93. The van der Waals surface area contributed by atoms with Gasteiger partial charge in [-0.15, -0.1) is 0 Å². The molecule has 0 spiro atoms. The van der Waals surface area contributed by atoms with Crippen molar-refractivity contribution in [1.82, 2.24) is 10.6 Å². The van der Waals surface area contributed by atoms with Crippen molar-refractivity contribution in [3.63, 3.8) is 0 Å². The standard InChI is InChI=1S/C22H28N4O3/c1-3-6-21(27)26-17-11-9-16(10-12-17)13-24-22(23-2)25-14-18-15-28-19-7-4-5-8-20(19)29-18/h4-5,7-12,18H,3,6,13-15H2,1-2H3,(H,26,27)(H2,23,24,25). The van der Waals surface area contributed by atoms with Crippen LogP contribution in [-0.4, -0.2) is 38.2 Å². The molecule has 1 atom stereocenters. The van der Waals surface area contributed by atoms with E-state index in [1.807, 2.05) is 55.5 Å². The lowest BCUT2D eigenvalue weighted by atomic mass is 10.2. The number of anilines is 1. The van der Waals surface area contributed by atoms with Gasteiger partial charge in [0, 0.05) is 25.7 Å². The van der Waals surface area contributed by atoms with Crippen molar-refractivity contribution in [3.05, 3.63) is 54.1 Å². The van der Waals surface area contributed by atoms with E-state index in [0.29, 0.717) is 32.1 Å². The summed E-state index contributed by atoms with van der Waals surface area (Å²) in [5, 5.41) is 9.44. The number of nitrogens with one attached hydrogen (secondary N) is 3. The van der Waals surface area contributed by atoms with Crippen LogP contribution < -0.4 is 25.4 Å². The number of hydrogen-bond donors (Lipinski definition) is 3. The molecule has 1 aliphatic heterocycles. The van der Waals surface area contributed by atoms with Crippen LogP contribution in [0.1, 0.15) is 25.3 Å². The van der Waals surface area contributed by atoms with Crippen LogP contribution >= 0.6 is 0 Å². The highest BCUT2D eigenvalue weighted by Crippen LogP contribution is 2.30. The molecule has 3 rings (SSSR count). The lowest BCUT2D eigenvalue weighted by molar-refractivity contribution is -0.116. The molecular formula is C22H28N4O3. The number of guanidine groups is 1. The number of benzene rings is 2. The fourth-order valence-corrected chi connectivity index (χ4v) is 2.94. The zero-order valence-electron chi connectivity index (χ0n) is 16.9. The van der Waals surface area contributed by atoms with Gasteiger partial charge in [-0.1, -0.05) is 31.2 Å². The zero-order chi connectivity index (χ0) is 20.5. The van der Waals surface area contributed by atoms with E-state index in [-0.39, 0.29) is 12.0 Å². The van der Waals surface area contributed by atoms with E-state index in [4.69, 9.17) is 9.47 Å². The van der Waals surface area contributed by atoms with Gasteiger partial charge in [0.1, 0.15) is 12.7 Å². The molecule has 2 aromatic rings. The van der Waals surface area contributed by atoms with Crippen molar-refractivity contribution in [3.8, 4) is 11.5 Å². The zero-order valence-corrected chi connectivity index (χ0v) is 16.9. The third-order valence-corrected chi connectivity index (χ3v) is 4.46. The predicted molar refractivity (Wildman–Crippen MR) is 115 cm³/mol. The maximum atomic E-state index is 11.7. The Balaban J connectivity index is 1.43. The monoisotopic (exact) mass is 396 g/mol. The first-order valence-electron chi connectivity index (χ1n) is 9.89. The first-order valence-corrected chi connectivity index (χ1v) is 9.89. The van der Waals surface area contributed by atoms with Crippen LogP contribution in [0.2, 0.25) is 0 Å². The highest BCUT2D eigenvalue weighted by atomic mass is 16.6. The van der Waals surface area contributed by atoms with Gasteiger partial charge in [-0.3, -0.25) is 9.79 Å². The fraction of sp³-hybridized carbons (Fsp3) is 0.364. The van der Waals surface area contributed by atoms with E-state index >= 15 is 0 Å². The van der Waals surface area contributed by atoms with Crippen molar-refractivity contribution < 1.29 is 14.3 Å². The number of nitrogens with zero attached hydrogens (tertiary/aromatic N) is 1. The molecule has 1 heterocycles. The maximum absolute atomic E-state index is 11.7. The molecule has 0 radical (unpaired) electrons. The molecule has 0 saturated heterocycles. The SMILES string of the molecule is CCCC(=O)Nc1ccc(CNC(=NC)NCC2COc3ccccc3O2)cc1. The number of carbonyl (C=O) groups is 1. The fourth-order valence-electron chi connectivity index (χ4n) is 2.94. The van der Waals surface area contributed by atoms with E-state index in [1.165, 1.54) is 0 Å². The second kappa shape index (κ2) is 10.4. The highest BCUT2D eigenvalue weighted by Gasteiger charge is 2.20. The second-order valence-corrected chi connectivity index (χ2v) is 6.80. The number of para-hydroxylation sites is 2. The van der Waals surface area contributed by atoms with Gasteiger partial charge in [0.15, 0.2) is 17.5 Å². The Morgan fingerprint density at radius 2 is 1.86 bits per heavy atom. The van der Waals surface area contributed by atoms with Crippen LogP contribution in [0.15, 0.2) is 53.5 Å². The average molecular weight is 396 g/mol. The number of aliphatic imine (C=N–C) groups is 1. The molecule has 0 aliphatic carbocycles. The lowest BCUT2D eigenvalue weighted by Gasteiger charge is -2.27. The molecule has 7 heteroatoms. The summed E-state index contributed by atoms with van der Waals surface area (Å²) in [6.07, 6.45) is 1.28. The minimum Gasteiger partial charge on any atom is -0.486 e. The molecule has 29 heavy (non-hydrogen) atoms. The van der Waals surface area contributed by atoms with Crippen molar-refractivity contribution in [2.45, 2.75) is 32.4 Å². The van der Waals surface area contributed by atoms with Crippen LogP contribution in [0.5, 0.6) is 11.5 Å². The Labute approximate surface area is 171 Å². The molecule has 0 fully saturated rings. The van der Waals surface area contributed by atoms with E-state index in [1.54, 1.807) is 7.05 Å². The molecule has 1 amide bonds. The topological polar surface area (TPSA) is 84.0 Å². The van der Waals surface area contributed by atoms with Gasteiger partial charge in [-0.05, 0) is 36.2 Å². The highest BCUT2D eigenvalue weighted by molar-refractivity contribution is 5.90. The molecule has 154 valence electrons. The number of amides is 1. The third-order valence-electron chi connectivity index (χ3n) is 4.46. The smallest absolute Gasteiger partial charge is 0.224 e. The summed E-state index contributed by atoms with van der Waals surface area (Å²) in [5.74, 6) is 2.27. The summed E-state index contributed by atoms with van der Waals surface area (Å²) in [4.78, 5) is 15.9. The summed E-state index contributed by atoms with van der Waals surface area (Å²) >= 11 is 0. The Morgan fingerprint density at radius 3 is 2.59 bits per heavy atom. The Hall–Kier alpha value is -3.22. The summed E-state index contributed by atoms with van der Waals surface area (Å²) in [6, 6.07) is 15.4. The number of rotatable bonds is 7. The number of ether oxygens (including phenoxy) is 2. The maximum Gasteiger partial charge on any atom is 0.224 e. The van der Waals surface area contributed by atoms with Gasteiger partial charge in [-0.25, -0.2) is 0 Å². The van der Waals surface area contributed by atoms with Gasteiger partial charge < -0.3 is 25.4 Å². The first kappa shape index (κ1) is 20.5. The van der Waals surface area contributed by atoms with Crippen LogP contribution in [0, 0.1) is 0 Å². The molecule has 2 aromatic carbocycles. The number of hydrogen-bond acceptors (Lipinski definition) is 4. The Bertz CT molecular complexity index is 836. The first-order chi connectivity index (χ1) is 14.2. The van der Waals surface area contributed by atoms with Crippen LogP contribution in [0.3, 0.4) is 0 Å². The number of carbonyl (C=O) groups excluding carboxylic acids is 1. The van der Waals surface area contributed by atoms with Crippen LogP contribution in [0.4, 0.5) is 5.69 Å². The molecule has 3 N–H and O–H groups in total. The summed E-state index contributed by atoms with van der Waals surface area (Å²) in [5.41, 5.74) is 1.90. The van der Waals surface area contributed by atoms with E-state index < -0.39 is 0 Å². The average Bonchev–Trinajstić information content (AvgIpc) is 2.75. The van der Waals surface area contributed by atoms with Crippen molar-refractivity contribution in [2.75, 3.05) is 25.5 Å². The Morgan fingerprint density at radius 1 is 1.10 bits per heavy atom. The van der Waals surface area contributed by atoms with E-state index in [0.717, 1.165) is 29.2 Å². The van der Waals surface area contributed by atoms with Gasteiger partial charge in [0.05, 0.1) is 6.54 Å². The lowest BCUT2D eigenvalue weighted by Crippen LogP contribution is -2.45.